The predicted octanol–water partition coefficient (Wildman–Crippen LogP) is 2.69. The summed E-state index contributed by atoms with van der Waals surface area (Å²) in [4.78, 5) is 16.1. The lowest BCUT2D eigenvalue weighted by molar-refractivity contribution is 0.102. The third-order valence-electron chi connectivity index (χ3n) is 2.45. The Labute approximate surface area is 118 Å². The van der Waals surface area contributed by atoms with Crippen LogP contribution in [0.25, 0.3) is 0 Å². The molecule has 1 aromatic carbocycles. The summed E-state index contributed by atoms with van der Waals surface area (Å²) in [5.74, 6) is -0.0120. The first kappa shape index (κ1) is 13.4. The van der Waals surface area contributed by atoms with E-state index in [-0.39, 0.29) is 11.8 Å². The predicted molar refractivity (Wildman–Crippen MR) is 77.3 cm³/mol. The Hall–Kier alpha value is -2.08. The zero-order valence-corrected chi connectivity index (χ0v) is 11.8. The number of pyridine rings is 1. The number of halogens is 1. The van der Waals surface area contributed by atoms with Crippen molar-refractivity contribution in [1.29, 1.82) is 0 Å². The highest BCUT2D eigenvalue weighted by Gasteiger charge is 2.14. The zero-order chi connectivity index (χ0) is 13.8. The van der Waals surface area contributed by atoms with Crippen LogP contribution in [-0.2, 0) is 0 Å². The number of nitrogens with one attached hydrogen (secondary N) is 1. The van der Waals surface area contributed by atoms with E-state index in [1.807, 2.05) is 0 Å². The molecule has 98 valence electrons. The highest BCUT2D eigenvalue weighted by molar-refractivity contribution is 9.10. The van der Waals surface area contributed by atoms with E-state index in [0.29, 0.717) is 21.4 Å². The number of benzene rings is 1. The lowest BCUT2D eigenvalue weighted by atomic mass is 10.2. The first-order chi connectivity index (χ1) is 9.11. The minimum Gasteiger partial charge on any atom is -0.480 e. The van der Waals surface area contributed by atoms with Crippen molar-refractivity contribution < 1.29 is 9.53 Å². The summed E-state index contributed by atoms with van der Waals surface area (Å²) in [5.41, 5.74) is 7.26. The largest absolute Gasteiger partial charge is 0.480 e. The van der Waals surface area contributed by atoms with Gasteiger partial charge < -0.3 is 15.8 Å². The van der Waals surface area contributed by atoms with Gasteiger partial charge in [0.1, 0.15) is 5.56 Å². The monoisotopic (exact) mass is 321 g/mol. The Morgan fingerprint density at radius 2 is 2.21 bits per heavy atom. The Morgan fingerprint density at radius 3 is 2.89 bits per heavy atom. The number of nitrogen functional groups attached to an aromatic ring is 1. The number of rotatable bonds is 3. The van der Waals surface area contributed by atoms with Gasteiger partial charge in [0.05, 0.1) is 12.8 Å². The van der Waals surface area contributed by atoms with Gasteiger partial charge in [0.2, 0.25) is 5.88 Å². The van der Waals surface area contributed by atoms with Crippen LogP contribution in [-0.4, -0.2) is 18.0 Å². The highest BCUT2D eigenvalue weighted by Crippen LogP contribution is 2.26. The second kappa shape index (κ2) is 5.71. The average Bonchev–Trinajstić information content (AvgIpc) is 2.41. The summed E-state index contributed by atoms with van der Waals surface area (Å²) < 4.78 is 5.76. The summed E-state index contributed by atoms with van der Waals surface area (Å²) >= 11 is 3.34. The van der Waals surface area contributed by atoms with Gasteiger partial charge in [-0.15, -0.1) is 0 Å². The number of nitrogens with zero attached hydrogens (tertiary/aromatic N) is 1. The summed E-state index contributed by atoms with van der Waals surface area (Å²) in [6.07, 6.45) is 1.56. The molecule has 0 aliphatic carbocycles. The minimum atomic E-state index is -0.296. The topological polar surface area (TPSA) is 77.2 Å². The summed E-state index contributed by atoms with van der Waals surface area (Å²) in [6, 6.07) is 8.47. The number of carbonyl (C=O) groups is 1. The minimum absolute atomic E-state index is 0.284. The van der Waals surface area contributed by atoms with Gasteiger partial charge in [-0.3, -0.25) is 4.79 Å². The van der Waals surface area contributed by atoms with E-state index in [2.05, 4.69) is 26.2 Å². The molecule has 0 spiro atoms. The molecule has 2 rings (SSSR count). The van der Waals surface area contributed by atoms with Gasteiger partial charge in [-0.2, -0.15) is 0 Å². The van der Waals surface area contributed by atoms with E-state index in [0.717, 1.165) is 0 Å². The van der Waals surface area contributed by atoms with Gasteiger partial charge >= 0.3 is 0 Å². The number of anilines is 2. The standard InChI is InChI=1S/C13H12BrN3O2/c1-19-13-9(3-2-6-16-13)12(18)17-11-5-4-8(15)7-10(11)14/h2-7H,15H2,1H3,(H,17,18). The highest BCUT2D eigenvalue weighted by atomic mass is 79.9. The van der Waals surface area contributed by atoms with Gasteiger partial charge in [-0.25, -0.2) is 4.98 Å². The Bertz CT molecular complexity index is 617. The molecule has 0 fully saturated rings. The number of nitrogens with two attached hydrogens (primary N) is 1. The van der Waals surface area contributed by atoms with Crippen LogP contribution in [0.1, 0.15) is 10.4 Å². The van der Waals surface area contributed by atoms with Crippen molar-refractivity contribution in [3.05, 3.63) is 46.6 Å². The third kappa shape index (κ3) is 3.03. The summed E-state index contributed by atoms with van der Waals surface area (Å²) in [5, 5.41) is 2.77. The molecule has 0 saturated carbocycles. The molecule has 0 atom stereocenters. The van der Waals surface area contributed by atoms with Crippen molar-refractivity contribution >= 4 is 33.2 Å². The van der Waals surface area contributed by atoms with Gasteiger partial charge in [0, 0.05) is 16.4 Å². The fourth-order valence-electron chi connectivity index (χ4n) is 1.55. The number of carbonyl (C=O) groups excluding carboxylic acids is 1. The van der Waals surface area contributed by atoms with Crippen LogP contribution in [0.15, 0.2) is 41.0 Å². The Morgan fingerprint density at radius 1 is 1.42 bits per heavy atom. The van der Waals surface area contributed by atoms with Crippen molar-refractivity contribution in [2.75, 3.05) is 18.2 Å². The van der Waals surface area contributed by atoms with Gasteiger partial charge in [0.15, 0.2) is 0 Å². The van der Waals surface area contributed by atoms with E-state index < -0.39 is 0 Å². The third-order valence-corrected chi connectivity index (χ3v) is 3.11. The maximum absolute atomic E-state index is 12.1. The van der Waals surface area contributed by atoms with Gasteiger partial charge in [-0.1, -0.05) is 0 Å². The first-order valence-corrected chi connectivity index (χ1v) is 6.26. The average molecular weight is 322 g/mol. The van der Waals surface area contributed by atoms with Gasteiger partial charge in [0.25, 0.3) is 5.91 Å². The van der Waals surface area contributed by atoms with Crippen LogP contribution >= 0.6 is 15.9 Å². The van der Waals surface area contributed by atoms with Crippen molar-refractivity contribution in [3.63, 3.8) is 0 Å². The van der Waals surface area contributed by atoms with Crippen LogP contribution in [0.3, 0.4) is 0 Å². The quantitative estimate of drug-likeness (QED) is 0.852. The molecule has 5 nitrogen and oxygen atoms in total. The maximum atomic E-state index is 12.1. The van der Waals surface area contributed by atoms with Crippen molar-refractivity contribution in [1.82, 2.24) is 4.98 Å². The molecule has 6 heteroatoms. The fourth-order valence-corrected chi connectivity index (χ4v) is 2.04. The molecule has 0 aliphatic rings. The normalized spacial score (nSPS) is 10.0. The van der Waals surface area contributed by atoms with E-state index in [4.69, 9.17) is 10.5 Å². The molecule has 0 saturated heterocycles. The molecule has 1 amide bonds. The van der Waals surface area contributed by atoms with Crippen LogP contribution in [0, 0.1) is 0 Å². The molecule has 19 heavy (non-hydrogen) atoms. The molecule has 0 aliphatic heterocycles. The van der Waals surface area contributed by atoms with Crippen molar-refractivity contribution in [2.45, 2.75) is 0 Å². The fraction of sp³-hybridized carbons (Fsp3) is 0.0769. The molecule has 0 unspecified atom stereocenters. The lowest BCUT2D eigenvalue weighted by Gasteiger charge is -2.09. The number of hydrogen-bond donors (Lipinski definition) is 2. The molecule has 0 bridgehead atoms. The van der Waals surface area contributed by atoms with Crippen molar-refractivity contribution in [3.8, 4) is 5.88 Å². The van der Waals surface area contributed by atoms with Crippen LogP contribution in [0.5, 0.6) is 5.88 Å². The molecular formula is C13H12BrN3O2. The summed E-state index contributed by atoms with van der Waals surface area (Å²) in [7, 11) is 1.47. The number of hydrogen-bond acceptors (Lipinski definition) is 4. The van der Waals surface area contributed by atoms with E-state index >= 15 is 0 Å². The summed E-state index contributed by atoms with van der Waals surface area (Å²) in [6.45, 7) is 0. The SMILES string of the molecule is COc1ncccc1C(=O)Nc1ccc(N)cc1Br. The Kier molecular flexibility index (Phi) is 4.01. The number of methoxy groups -OCH3 is 1. The van der Waals surface area contributed by atoms with E-state index in [1.165, 1.54) is 7.11 Å². The van der Waals surface area contributed by atoms with E-state index in [1.54, 1.807) is 36.5 Å². The molecular weight excluding hydrogens is 310 g/mol. The molecule has 1 aromatic heterocycles. The number of aromatic nitrogens is 1. The van der Waals surface area contributed by atoms with Gasteiger partial charge in [-0.05, 0) is 46.3 Å². The number of amides is 1. The molecule has 3 N–H and O–H groups in total. The van der Waals surface area contributed by atoms with Crippen LogP contribution in [0.4, 0.5) is 11.4 Å². The first-order valence-electron chi connectivity index (χ1n) is 5.47. The maximum Gasteiger partial charge on any atom is 0.261 e. The molecule has 1 heterocycles. The second-order valence-electron chi connectivity index (χ2n) is 3.75. The van der Waals surface area contributed by atoms with Crippen LogP contribution in [0.2, 0.25) is 0 Å². The lowest BCUT2D eigenvalue weighted by Crippen LogP contribution is -2.14. The Balaban J connectivity index is 2.26. The van der Waals surface area contributed by atoms with Crippen LogP contribution < -0.4 is 15.8 Å². The second-order valence-corrected chi connectivity index (χ2v) is 4.61. The molecule has 0 radical (unpaired) electrons. The zero-order valence-electron chi connectivity index (χ0n) is 10.2. The van der Waals surface area contributed by atoms with E-state index in [9.17, 15) is 4.79 Å². The number of ether oxygens (including phenoxy) is 1. The smallest absolute Gasteiger partial charge is 0.261 e. The molecule has 2 aromatic rings. The van der Waals surface area contributed by atoms with Crippen molar-refractivity contribution in [2.24, 2.45) is 0 Å².